The minimum absolute atomic E-state index is 0.0000350. The highest BCUT2D eigenvalue weighted by atomic mass is 16.5. The molecule has 1 fully saturated rings. The van der Waals surface area contributed by atoms with E-state index < -0.39 is 24.2 Å². The number of carbonyl (C=O) groups is 2. The van der Waals surface area contributed by atoms with E-state index in [4.69, 9.17) is 9.47 Å². The SMILES string of the molecule is CC(C)[C@H]1CC[C@H](C)C[C@@H]1OCC(=O)N(Cc1ccccc1)[C@@H]1C=C(C(=O)NCCO)[C@@H]2c3ccccc3O[C@@H]2[C@H]1O. The third-order valence-electron chi connectivity index (χ3n) is 9.14. The molecule has 8 heteroatoms. The van der Waals surface area contributed by atoms with Crippen LogP contribution in [0.15, 0.2) is 66.2 Å². The van der Waals surface area contributed by atoms with Crippen LogP contribution in [0.2, 0.25) is 0 Å². The molecule has 3 N–H and O–H groups in total. The van der Waals surface area contributed by atoms with E-state index in [2.05, 4.69) is 26.1 Å². The first-order valence-electron chi connectivity index (χ1n) is 15.3. The number of aliphatic hydroxyl groups excluding tert-OH is 2. The summed E-state index contributed by atoms with van der Waals surface area (Å²) in [4.78, 5) is 29.1. The quantitative estimate of drug-likeness (QED) is 0.397. The number of nitrogens with one attached hydrogen (secondary N) is 1. The van der Waals surface area contributed by atoms with Gasteiger partial charge in [0.2, 0.25) is 11.8 Å². The van der Waals surface area contributed by atoms with Crippen LogP contribution in [-0.2, 0) is 20.9 Å². The molecular formula is C34H44N2O6. The molecule has 2 aromatic rings. The summed E-state index contributed by atoms with van der Waals surface area (Å²) in [5.74, 6) is 0.917. The highest BCUT2D eigenvalue weighted by Gasteiger charge is 2.50. The van der Waals surface area contributed by atoms with Gasteiger partial charge < -0.3 is 29.9 Å². The smallest absolute Gasteiger partial charge is 0.249 e. The van der Waals surface area contributed by atoms with Crippen molar-refractivity contribution in [2.24, 2.45) is 17.8 Å². The highest BCUT2D eigenvalue weighted by molar-refractivity contribution is 5.96. The lowest BCUT2D eigenvalue weighted by Gasteiger charge is -2.41. The van der Waals surface area contributed by atoms with Crippen molar-refractivity contribution in [3.63, 3.8) is 0 Å². The molecule has 3 aliphatic rings. The van der Waals surface area contributed by atoms with Crippen LogP contribution in [0, 0.1) is 17.8 Å². The molecule has 1 heterocycles. The van der Waals surface area contributed by atoms with Crippen LogP contribution in [0.5, 0.6) is 5.75 Å². The average molecular weight is 577 g/mol. The van der Waals surface area contributed by atoms with Gasteiger partial charge in [-0.3, -0.25) is 9.59 Å². The Bertz CT molecular complexity index is 1260. The fraction of sp³-hybridized carbons (Fsp3) is 0.529. The zero-order valence-corrected chi connectivity index (χ0v) is 24.8. The van der Waals surface area contributed by atoms with Crippen molar-refractivity contribution in [1.29, 1.82) is 0 Å². The minimum Gasteiger partial charge on any atom is -0.486 e. The zero-order valence-electron chi connectivity index (χ0n) is 24.8. The zero-order chi connectivity index (χ0) is 29.8. The maximum Gasteiger partial charge on any atom is 0.249 e. The van der Waals surface area contributed by atoms with Crippen molar-refractivity contribution >= 4 is 11.8 Å². The minimum atomic E-state index is -1.08. The van der Waals surface area contributed by atoms with Gasteiger partial charge in [0.05, 0.1) is 24.7 Å². The van der Waals surface area contributed by atoms with Crippen LogP contribution in [0.3, 0.4) is 0 Å². The van der Waals surface area contributed by atoms with Crippen LogP contribution in [0.1, 0.15) is 57.1 Å². The number of amides is 2. The molecule has 226 valence electrons. The highest BCUT2D eigenvalue weighted by Crippen LogP contribution is 2.47. The first-order chi connectivity index (χ1) is 20.3. The molecule has 0 aromatic heterocycles. The van der Waals surface area contributed by atoms with Crippen LogP contribution < -0.4 is 10.1 Å². The summed E-state index contributed by atoms with van der Waals surface area (Å²) < 4.78 is 12.6. The van der Waals surface area contributed by atoms with E-state index in [1.54, 1.807) is 11.0 Å². The monoisotopic (exact) mass is 576 g/mol. The number of nitrogens with zero attached hydrogens (tertiary/aromatic N) is 1. The van der Waals surface area contributed by atoms with E-state index in [0.29, 0.717) is 29.1 Å². The van der Waals surface area contributed by atoms with E-state index in [9.17, 15) is 19.8 Å². The molecule has 5 rings (SSSR count). The van der Waals surface area contributed by atoms with Crippen molar-refractivity contribution in [3.05, 3.63) is 77.4 Å². The maximum absolute atomic E-state index is 14.0. The summed E-state index contributed by atoms with van der Waals surface area (Å²) in [5.41, 5.74) is 2.14. The average Bonchev–Trinajstić information content (AvgIpc) is 3.38. The molecule has 42 heavy (non-hydrogen) atoms. The van der Waals surface area contributed by atoms with Gasteiger partial charge in [-0.2, -0.15) is 0 Å². The third-order valence-corrected chi connectivity index (χ3v) is 9.14. The molecule has 8 nitrogen and oxygen atoms in total. The molecule has 1 aliphatic heterocycles. The topological polar surface area (TPSA) is 108 Å². The number of benzene rings is 2. The second kappa shape index (κ2) is 13.4. The number of aliphatic hydroxyl groups is 2. The Kier molecular flexibility index (Phi) is 9.66. The number of hydrogen-bond acceptors (Lipinski definition) is 6. The molecule has 2 aliphatic carbocycles. The molecule has 0 unspecified atom stereocenters. The van der Waals surface area contributed by atoms with E-state index in [-0.39, 0.29) is 44.2 Å². The van der Waals surface area contributed by atoms with Gasteiger partial charge in [0.15, 0.2) is 0 Å². The van der Waals surface area contributed by atoms with E-state index >= 15 is 0 Å². The molecule has 2 aromatic carbocycles. The molecule has 7 atom stereocenters. The van der Waals surface area contributed by atoms with E-state index in [1.807, 2.05) is 54.6 Å². The van der Waals surface area contributed by atoms with Crippen molar-refractivity contribution < 1.29 is 29.3 Å². The lowest BCUT2D eigenvalue weighted by Crippen LogP contribution is -2.56. The molecular weight excluding hydrogens is 532 g/mol. The van der Waals surface area contributed by atoms with Crippen LogP contribution in [0.25, 0.3) is 0 Å². The first kappa shape index (κ1) is 30.3. The number of carbonyl (C=O) groups excluding carboxylic acids is 2. The van der Waals surface area contributed by atoms with Crippen molar-refractivity contribution in [1.82, 2.24) is 10.2 Å². The summed E-state index contributed by atoms with van der Waals surface area (Å²) >= 11 is 0. The number of rotatable bonds is 10. The number of para-hydroxylation sites is 1. The van der Waals surface area contributed by atoms with Gasteiger partial charge in [-0.05, 0) is 48.3 Å². The maximum atomic E-state index is 14.0. The Labute approximate surface area is 248 Å². The normalized spacial score (nSPS) is 28.3. The largest absolute Gasteiger partial charge is 0.486 e. The van der Waals surface area contributed by atoms with Gasteiger partial charge in [-0.1, -0.05) is 75.7 Å². The number of hydrogen-bond donors (Lipinski definition) is 3. The predicted molar refractivity (Wildman–Crippen MR) is 160 cm³/mol. The van der Waals surface area contributed by atoms with Gasteiger partial charge in [0.25, 0.3) is 0 Å². The molecule has 0 spiro atoms. The summed E-state index contributed by atoms with van der Waals surface area (Å²) in [6, 6.07) is 16.3. The van der Waals surface area contributed by atoms with Crippen LogP contribution in [-0.4, -0.2) is 71.0 Å². The summed E-state index contributed by atoms with van der Waals surface area (Å²) in [6.45, 7) is 6.70. The Morgan fingerprint density at radius 2 is 1.83 bits per heavy atom. The van der Waals surface area contributed by atoms with Crippen molar-refractivity contribution in [3.8, 4) is 5.75 Å². The molecule has 1 saturated carbocycles. The van der Waals surface area contributed by atoms with E-state index in [1.165, 1.54) is 6.42 Å². The van der Waals surface area contributed by atoms with Gasteiger partial charge in [0, 0.05) is 24.2 Å². The van der Waals surface area contributed by atoms with Crippen molar-refractivity contribution in [2.45, 2.75) is 76.9 Å². The van der Waals surface area contributed by atoms with Gasteiger partial charge in [-0.25, -0.2) is 0 Å². The van der Waals surface area contributed by atoms with E-state index in [0.717, 1.165) is 24.0 Å². The molecule has 0 saturated heterocycles. The standard InChI is InChI=1S/C34H44N2O6/c1-21(2)24-14-13-22(3)17-29(24)41-20-30(38)36(19-23-9-5-4-6-10-23)27-18-26(34(40)35-15-16-37)31-25-11-7-8-12-28(25)42-33(31)32(27)39/h4-12,18,21-22,24,27,29,31-33,37,39H,13-17,19-20H2,1-3H3,(H,35,40)/t22-,24+,27+,29-,31-,32-,33-/m0/s1. The second-order valence-electron chi connectivity index (χ2n) is 12.4. The lowest BCUT2D eigenvalue weighted by molar-refractivity contribution is -0.148. The second-order valence-corrected chi connectivity index (χ2v) is 12.4. The molecule has 2 amide bonds. The Balaban J connectivity index is 1.46. The fourth-order valence-electron chi connectivity index (χ4n) is 6.90. The molecule has 0 bridgehead atoms. The summed E-state index contributed by atoms with van der Waals surface area (Å²) in [7, 11) is 0. The lowest BCUT2D eigenvalue weighted by atomic mass is 9.75. The first-order valence-corrected chi connectivity index (χ1v) is 15.3. The van der Waals surface area contributed by atoms with Crippen molar-refractivity contribution in [2.75, 3.05) is 19.8 Å². The fourth-order valence-corrected chi connectivity index (χ4v) is 6.90. The Morgan fingerprint density at radius 3 is 2.57 bits per heavy atom. The summed E-state index contributed by atoms with van der Waals surface area (Å²) in [6.07, 6.45) is 3.06. The van der Waals surface area contributed by atoms with Gasteiger partial charge in [0.1, 0.15) is 24.6 Å². The predicted octanol–water partition coefficient (Wildman–Crippen LogP) is 3.82. The van der Waals surface area contributed by atoms with Gasteiger partial charge in [-0.15, -0.1) is 0 Å². The Hall–Kier alpha value is -3.20. The third kappa shape index (κ3) is 6.41. The van der Waals surface area contributed by atoms with Crippen LogP contribution in [0.4, 0.5) is 0 Å². The number of ether oxygens (including phenoxy) is 2. The van der Waals surface area contributed by atoms with Gasteiger partial charge >= 0.3 is 0 Å². The summed E-state index contributed by atoms with van der Waals surface area (Å²) in [5, 5.41) is 23.9. The Morgan fingerprint density at radius 1 is 1.10 bits per heavy atom. The number of fused-ring (bicyclic) bond motifs is 3. The van der Waals surface area contributed by atoms with Crippen LogP contribution >= 0.6 is 0 Å². The molecule has 0 radical (unpaired) electrons.